The van der Waals surface area contributed by atoms with Crippen molar-refractivity contribution >= 4 is 11.9 Å². The molecule has 0 saturated carbocycles. The van der Waals surface area contributed by atoms with Gasteiger partial charge in [0.05, 0.1) is 5.56 Å². The van der Waals surface area contributed by atoms with Crippen molar-refractivity contribution in [3.8, 4) is 5.75 Å². The number of aliphatic carboxylic acids is 1. The van der Waals surface area contributed by atoms with Crippen molar-refractivity contribution in [2.75, 3.05) is 0 Å². The summed E-state index contributed by atoms with van der Waals surface area (Å²) in [6.07, 6.45) is -1.68. The van der Waals surface area contributed by atoms with Crippen LogP contribution in [0.3, 0.4) is 0 Å². The van der Waals surface area contributed by atoms with Gasteiger partial charge in [-0.2, -0.15) is 8.78 Å². The largest absolute Gasteiger partial charge is 0.544 e. The lowest BCUT2D eigenvalue weighted by Gasteiger charge is -2.30. The molecule has 0 aliphatic rings. The molecule has 8 heteroatoms. The fourth-order valence-electron chi connectivity index (χ4n) is 2.01. The maximum Gasteiger partial charge on any atom is 0.338 e. The van der Waals surface area contributed by atoms with Crippen molar-refractivity contribution in [1.82, 2.24) is 0 Å². The van der Waals surface area contributed by atoms with Crippen LogP contribution in [0.5, 0.6) is 5.75 Å². The summed E-state index contributed by atoms with van der Waals surface area (Å²) in [5.41, 5.74) is -0.959. The predicted molar refractivity (Wildman–Crippen MR) is 85.4 cm³/mol. The van der Waals surface area contributed by atoms with Gasteiger partial charge in [-0.05, 0) is 44.4 Å². The molecule has 1 aromatic rings. The Hall–Kier alpha value is -2.25. The van der Waals surface area contributed by atoms with Gasteiger partial charge in [-0.25, -0.2) is 9.18 Å². The van der Waals surface area contributed by atoms with Crippen LogP contribution in [0.4, 0.5) is 13.2 Å². The van der Waals surface area contributed by atoms with Crippen molar-refractivity contribution in [3.63, 3.8) is 0 Å². The molecule has 1 aromatic carbocycles. The Balaban J connectivity index is 3.11. The van der Waals surface area contributed by atoms with Crippen molar-refractivity contribution in [3.05, 3.63) is 29.6 Å². The Morgan fingerprint density at radius 1 is 1.23 bits per heavy atom. The van der Waals surface area contributed by atoms with Crippen LogP contribution in [0.25, 0.3) is 0 Å². The molecule has 0 amide bonds. The number of esters is 1. The van der Waals surface area contributed by atoms with E-state index in [0.29, 0.717) is 6.42 Å². The van der Waals surface area contributed by atoms with Gasteiger partial charge in [0.2, 0.25) is 0 Å². The van der Waals surface area contributed by atoms with Gasteiger partial charge < -0.3 is 19.4 Å². The summed E-state index contributed by atoms with van der Waals surface area (Å²) in [6.45, 7) is 7.81. The third-order valence-electron chi connectivity index (χ3n) is 3.87. The number of alkyl halides is 2. The zero-order chi connectivity index (χ0) is 20.3. The van der Waals surface area contributed by atoms with E-state index in [0.717, 1.165) is 18.2 Å². The number of carbonyl (C=O) groups excluding carboxylic acids is 2. The number of rotatable bonds is 8. The summed E-state index contributed by atoms with van der Waals surface area (Å²) >= 11 is 0. The SMILES string of the molecule is CCC(C)(C)Oc1cc(C(=O)OC(C(C)C)C(F)(F)C(=O)[O-])ccc1F. The summed E-state index contributed by atoms with van der Waals surface area (Å²) in [6, 6.07) is 3.01. The number of hydrogen-bond donors (Lipinski definition) is 0. The first-order valence-corrected chi connectivity index (χ1v) is 8.10. The van der Waals surface area contributed by atoms with Crippen LogP contribution in [0, 0.1) is 11.7 Å². The molecule has 0 spiro atoms. The molecule has 1 rings (SSSR count). The lowest BCUT2D eigenvalue weighted by molar-refractivity contribution is -0.337. The van der Waals surface area contributed by atoms with E-state index in [4.69, 9.17) is 4.74 Å². The standard InChI is InChI=1S/C18H23F3O5/c1-6-17(4,5)26-13-9-11(7-8-12(13)19)15(22)25-14(10(2)3)18(20,21)16(23)24/h7-10,14H,6H2,1-5H3,(H,23,24)/p-1. The molecule has 146 valence electrons. The van der Waals surface area contributed by atoms with Crippen LogP contribution < -0.4 is 9.84 Å². The van der Waals surface area contributed by atoms with Gasteiger partial charge >= 0.3 is 11.9 Å². The minimum absolute atomic E-state index is 0.237. The minimum Gasteiger partial charge on any atom is -0.544 e. The molecule has 0 saturated heterocycles. The first-order valence-electron chi connectivity index (χ1n) is 8.10. The van der Waals surface area contributed by atoms with Crippen molar-refractivity contribution in [2.45, 2.75) is 58.7 Å². The number of carboxylic acid groups (broad SMARTS) is 1. The van der Waals surface area contributed by atoms with E-state index in [1.807, 2.05) is 6.92 Å². The molecular formula is C18H22F3O5-. The van der Waals surface area contributed by atoms with E-state index in [-0.39, 0.29) is 11.3 Å². The fraction of sp³-hybridized carbons (Fsp3) is 0.556. The molecule has 0 aromatic heterocycles. The maximum atomic E-state index is 13.9. The minimum atomic E-state index is -4.37. The van der Waals surface area contributed by atoms with E-state index in [9.17, 15) is 27.9 Å². The van der Waals surface area contributed by atoms with E-state index in [1.165, 1.54) is 13.8 Å². The Morgan fingerprint density at radius 3 is 2.27 bits per heavy atom. The van der Waals surface area contributed by atoms with Crippen LogP contribution >= 0.6 is 0 Å². The smallest absolute Gasteiger partial charge is 0.338 e. The summed E-state index contributed by atoms with van der Waals surface area (Å²) < 4.78 is 51.5. The Labute approximate surface area is 150 Å². The zero-order valence-electron chi connectivity index (χ0n) is 15.3. The molecule has 0 bridgehead atoms. The molecule has 0 radical (unpaired) electrons. The molecule has 0 fully saturated rings. The lowest BCUT2D eigenvalue weighted by Crippen LogP contribution is -2.53. The number of ether oxygens (including phenoxy) is 2. The Morgan fingerprint density at radius 2 is 1.81 bits per heavy atom. The summed E-state index contributed by atoms with van der Waals surface area (Å²) in [7, 11) is 0. The molecule has 0 aliphatic carbocycles. The van der Waals surface area contributed by atoms with Gasteiger partial charge in [-0.1, -0.05) is 20.8 Å². The quantitative estimate of drug-likeness (QED) is 0.653. The van der Waals surface area contributed by atoms with Gasteiger partial charge in [0.15, 0.2) is 17.7 Å². The zero-order valence-corrected chi connectivity index (χ0v) is 15.3. The second kappa shape index (κ2) is 7.97. The molecule has 5 nitrogen and oxygen atoms in total. The van der Waals surface area contributed by atoms with Gasteiger partial charge in [0.1, 0.15) is 11.6 Å². The average Bonchev–Trinajstić information content (AvgIpc) is 2.53. The average molecular weight is 375 g/mol. The van der Waals surface area contributed by atoms with Crippen LogP contribution in [-0.2, 0) is 9.53 Å². The fourth-order valence-corrected chi connectivity index (χ4v) is 2.01. The molecular weight excluding hydrogens is 353 g/mol. The van der Waals surface area contributed by atoms with Gasteiger partial charge in [0, 0.05) is 0 Å². The topological polar surface area (TPSA) is 75.7 Å². The highest BCUT2D eigenvalue weighted by molar-refractivity contribution is 5.90. The highest BCUT2D eigenvalue weighted by atomic mass is 19.3. The number of hydrogen-bond acceptors (Lipinski definition) is 5. The first kappa shape index (κ1) is 21.8. The second-order valence-corrected chi connectivity index (χ2v) is 6.84. The molecule has 26 heavy (non-hydrogen) atoms. The van der Waals surface area contributed by atoms with Crippen molar-refractivity contribution in [1.29, 1.82) is 0 Å². The highest BCUT2D eigenvalue weighted by Crippen LogP contribution is 2.29. The molecule has 0 heterocycles. The molecule has 0 aliphatic heterocycles. The number of halogens is 3. The van der Waals surface area contributed by atoms with Crippen LogP contribution in [0.15, 0.2) is 18.2 Å². The monoisotopic (exact) mass is 375 g/mol. The maximum absolute atomic E-state index is 13.9. The van der Waals surface area contributed by atoms with Crippen LogP contribution in [-0.4, -0.2) is 29.6 Å². The molecule has 1 atom stereocenters. The third kappa shape index (κ3) is 5.12. The molecule has 0 N–H and O–H groups in total. The van der Waals surface area contributed by atoms with Gasteiger partial charge in [-0.15, -0.1) is 0 Å². The van der Waals surface area contributed by atoms with E-state index in [2.05, 4.69) is 4.74 Å². The Bertz CT molecular complexity index is 671. The summed E-state index contributed by atoms with van der Waals surface area (Å²) in [5, 5.41) is 10.7. The third-order valence-corrected chi connectivity index (χ3v) is 3.87. The van der Waals surface area contributed by atoms with E-state index in [1.54, 1.807) is 13.8 Å². The van der Waals surface area contributed by atoms with Gasteiger partial charge in [-0.3, -0.25) is 0 Å². The van der Waals surface area contributed by atoms with Crippen LogP contribution in [0.2, 0.25) is 0 Å². The lowest BCUT2D eigenvalue weighted by atomic mass is 10.0. The number of benzene rings is 1. The molecule has 1 unspecified atom stereocenters. The van der Waals surface area contributed by atoms with Crippen molar-refractivity contribution < 1.29 is 37.3 Å². The van der Waals surface area contributed by atoms with Gasteiger partial charge in [0.25, 0.3) is 0 Å². The Kier molecular flexibility index (Phi) is 6.68. The first-order chi connectivity index (χ1) is 11.8. The van der Waals surface area contributed by atoms with Crippen LogP contribution in [0.1, 0.15) is 51.4 Å². The highest BCUT2D eigenvalue weighted by Gasteiger charge is 2.46. The van der Waals surface area contributed by atoms with E-state index >= 15 is 0 Å². The predicted octanol–water partition coefficient (Wildman–Crippen LogP) is 2.96. The van der Waals surface area contributed by atoms with E-state index < -0.39 is 41.3 Å². The normalized spacial score (nSPS) is 13.4. The number of carboxylic acids is 1. The number of carbonyl (C=O) groups is 2. The second-order valence-electron chi connectivity index (χ2n) is 6.84. The summed E-state index contributed by atoms with van der Waals surface area (Å²) in [5.74, 6) is -10.2. The summed E-state index contributed by atoms with van der Waals surface area (Å²) in [4.78, 5) is 22.8. The van der Waals surface area contributed by atoms with Crippen molar-refractivity contribution in [2.24, 2.45) is 5.92 Å².